The Hall–Kier alpha value is -2.47. The number of carbonyl (C=O) groups is 1. The summed E-state index contributed by atoms with van der Waals surface area (Å²) in [6, 6.07) is 19.8. The van der Waals surface area contributed by atoms with Crippen molar-refractivity contribution >= 4 is 47.1 Å². The second-order valence-corrected chi connectivity index (χ2v) is 10.7. The molecular formula is C28H26Cl2N2O2S. The van der Waals surface area contributed by atoms with Crippen LogP contribution in [0.3, 0.4) is 0 Å². The number of Topliss-reactive ketones (excluding diaryl/α,β-unsaturated/α-hetero) is 1. The first-order chi connectivity index (χ1) is 17.0. The molecule has 180 valence electrons. The number of hydrogen-bond donors (Lipinski definition) is 0. The highest BCUT2D eigenvalue weighted by Gasteiger charge is 2.37. The Balaban J connectivity index is 1.55. The molecule has 0 N–H and O–H groups in total. The van der Waals surface area contributed by atoms with Crippen LogP contribution in [0.4, 0.5) is 0 Å². The second-order valence-electron chi connectivity index (χ2n) is 8.88. The van der Waals surface area contributed by atoms with Gasteiger partial charge in [0, 0.05) is 40.3 Å². The summed E-state index contributed by atoms with van der Waals surface area (Å²) in [4.78, 5) is 20.3. The van der Waals surface area contributed by atoms with Crippen LogP contribution in [0.25, 0.3) is 0 Å². The van der Waals surface area contributed by atoms with Gasteiger partial charge in [-0.1, -0.05) is 53.5 Å². The zero-order valence-corrected chi connectivity index (χ0v) is 21.8. The van der Waals surface area contributed by atoms with E-state index in [1.54, 1.807) is 11.8 Å². The Labute approximate surface area is 220 Å². The van der Waals surface area contributed by atoms with Gasteiger partial charge in [-0.05, 0) is 55.7 Å². The van der Waals surface area contributed by atoms with Crippen molar-refractivity contribution in [1.82, 2.24) is 4.90 Å². The van der Waals surface area contributed by atoms with Crippen LogP contribution < -0.4 is 4.74 Å². The first-order valence-corrected chi connectivity index (χ1v) is 13.5. The molecule has 0 aromatic heterocycles. The van der Waals surface area contributed by atoms with E-state index in [-0.39, 0.29) is 5.78 Å². The average Bonchev–Trinajstić information content (AvgIpc) is 3.42. The predicted octanol–water partition coefficient (Wildman–Crippen LogP) is 7.40. The number of nitrogens with zero attached hydrogens (tertiary/aromatic N) is 2. The normalized spacial score (nSPS) is 16.8. The molecule has 7 heteroatoms. The van der Waals surface area contributed by atoms with Crippen LogP contribution in [0.15, 0.2) is 70.6 Å². The van der Waals surface area contributed by atoms with E-state index in [0.29, 0.717) is 22.2 Å². The highest BCUT2D eigenvalue weighted by atomic mass is 35.5. The largest absolute Gasteiger partial charge is 0.464 e. The lowest BCUT2D eigenvalue weighted by atomic mass is 9.87. The SMILES string of the molecule is C[C@](Oc1ccc2c(c1CSc1ccc(Cl)c(Cl)c1)CCCC2=O)(c1ccccc1)N1C=NCC1. The van der Waals surface area contributed by atoms with Gasteiger partial charge in [0.1, 0.15) is 5.75 Å². The summed E-state index contributed by atoms with van der Waals surface area (Å²) in [7, 11) is 0. The lowest BCUT2D eigenvalue weighted by Gasteiger charge is -2.39. The number of thioether (sulfide) groups is 1. The minimum Gasteiger partial charge on any atom is -0.464 e. The monoisotopic (exact) mass is 524 g/mol. The second kappa shape index (κ2) is 10.3. The molecule has 3 aromatic carbocycles. The first-order valence-electron chi connectivity index (χ1n) is 11.7. The molecule has 0 saturated carbocycles. The van der Waals surface area contributed by atoms with E-state index in [1.165, 1.54) is 0 Å². The summed E-state index contributed by atoms with van der Waals surface area (Å²) < 4.78 is 6.90. The molecule has 0 spiro atoms. The number of aliphatic imine (C=N–C) groups is 1. The maximum atomic E-state index is 12.7. The molecule has 3 aromatic rings. The van der Waals surface area contributed by atoms with Gasteiger partial charge < -0.3 is 9.64 Å². The lowest BCUT2D eigenvalue weighted by molar-refractivity contribution is -0.0258. The summed E-state index contributed by atoms with van der Waals surface area (Å²) in [5.41, 5.74) is 3.28. The molecule has 4 nitrogen and oxygen atoms in total. The van der Waals surface area contributed by atoms with E-state index in [4.69, 9.17) is 27.9 Å². The Morgan fingerprint density at radius 1 is 1.06 bits per heavy atom. The number of benzene rings is 3. The van der Waals surface area contributed by atoms with Crippen molar-refractivity contribution in [1.29, 1.82) is 0 Å². The third kappa shape index (κ3) is 4.95. The number of halogens is 2. The van der Waals surface area contributed by atoms with Gasteiger partial charge in [-0.15, -0.1) is 11.8 Å². The summed E-state index contributed by atoms with van der Waals surface area (Å²) >= 11 is 14.0. The van der Waals surface area contributed by atoms with Crippen LogP contribution in [-0.2, 0) is 17.9 Å². The number of ketones is 1. The van der Waals surface area contributed by atoms with Gasteiger partial charge in [0.15, 0.2) is 5.78 Å². The van der Waals surface area contributed by atoms with Crippen LogP contribution in [0, 0.1) is 0 Å². The van der Waals surface area contributed by atoms with Gasteiger partial charge in [0.25, 0.3) is 0 Å². The number of carbonyl (C=O) groups excluding carboxylic acids is 1. The van der Waals surface area contributed by atoms with Crippen molar-refractivity contribution in [2.75, 3.05) is 13.1 Å². The van der Waals surface area contributed by atoms with Gasteiger partial charge in [-0.25, -0.2) is 0 Å². The molecule has 1 heterocycles. The van der Waals surface area contributed by atoms with Crippen LogP contribution in [0.2, 0.25) is 10.0 Å². The van der Waals surface area contributed by atoms with Gasteiger partial charge >= 0.3 is 0 Å². The number of ether oxygens (including phenoxy) is 1. The van der Waals surface area contributed by atoms with E-state index in [9.17, 15) is 4.79 Å². The molecule has 35 heavy (non-hydrogen) atoms. The van der Waals surface area contributed by atoms with Gasteiger partial charge in [-0.3, -0.25) is 9.79 Å². The molecule has 0 saturated heterocycles. The van der Waals surface area contributed by atoms with Crippen molar-refractivity contribution < 1.29 is 9.53 Å². The summed E-state index contributed by atoms with van der Waals surface area (Å²) in [6.45, 7) is 3.60. The van der Waals surface area contributed by atoms with Crippen molar-refractivity contribution in [3.63, 3.8) is 0 Å². The zero-order valence-electron chi connectivity index (χ0n) is 19.5. The van der Waals surface area contributed by atoms with Gasteiger partial charge in [0.05, 0.1) is 22.9 Å². The Bertz CT molecular complexity index is 1280. The van der Waals surface area contributed by atoms with Crippen molar-refractivity contribution in [2.24, 2.45) is 4.99 Å². The Kier molecular flexibility index (Phi) is 7.10. The van der Waals surface area contributed by atoms with Gasteiger partial charge in [-0.2, -0.15) is 0 Å². The molecule has 0 amide bonds. The van der Waals surface area contributed by atoms with Crippen molar-refractivity contribution in [3.05, 3.63) is 93.0 Å². The fourth-order valence-corrected chi connectivity index (χ4v) is 6.06. The van der Waals surface area contributed by atoms with E-state index in [1.807, 2.05) is 54.9 Å². The summed E-state index contributed by atoms with van der Waals surface area (Å²) in [5.74, 6) is 1.65. The molecule has 0 unspecified atom stereocenters. The predicted molar refractivity (Wildman–Crippen MR) is 144 cm³/mol. The fraction of sp³-hybridized carbons (Fsp3) is 0.286. The topological polar surface area (TPSA) is 41.9 Å². The summed E-state index contributed by atoms with van der Waals surface area (Å²) in [5, 5.41) is 1.07. The quantitative estimate of drug-likeness (QED) is 0.302. The maximum absolute atomic E-state index is 12.7. The Morgan fingerprint density at radius 2 is 1.89 bits per heavy atom. The maximum Gasteiger partial charge on any atom is 0.207 e. The first kappa shape index (κ1) is 24.2. The standard InChI is InChI=1S/C28H26Cl2N2O2S/c1-28(32-15-14-31-18-32,19-6-3-2-4-7-19)34-27-13-11-22-21(8-5-9-26(22)33)23(27)17-35-20-10-12-24(29)25(30)16-20/h2-4,6-7,10-13,16,18H,5,8-9,14-15,17H2,1H3/t28-/m0/s1. The average molecular weight is 526 g/mol. The van der Waals surface area contributed by atoms with Gasteiger partial charge in [0.2, 0.25) is 5.72 Å². The highest BCUT2D eigenvalue weighted by molar-refractivity contribution is 7.98. The van der Waals surface area contributed by atoms with Crippen LogP contribution >= 0.6 is 35.0 Å². The highest BCUT2D eigenvalue weighted by Crippen LogP contribution is 2.40. The smallest absolute Gasteiger partial charge is 0.207 e. The molecule has 1 atom stereocenters. The van der Waals surface area contributed by atoms with Crippen molar-refractivity contribution in [3.8, 4) is 5.75 Å². The number of hydrogen-bond acceptors (Lipinski definition) is 5. The van der Waals surface area contributed by atoms with E-state index in [2.05, 4.69) is 28.9 Å². The third-order valence-corrected chi connectivity index (χ3v) is 8.41. The fourth-order valence-electron chi connectivity index (χ4n) is 4.70. The van der Waals surface area contributed by atoms with Crippen LogP contribution in [0.1, 0.15) is 46.8 Å². The molecule has 5 rings (SSSR count). The number of fused-ring (bicyclic) bond motifs is 1. The molecule has 0 bridgehead atoms. The minimum absolute atomic E-state index is 0.205. The van der Waals surface area contributed by atoms with E-state index >= 15 is 0 Å². The molecule has 2 aliphatic rings. The van der Waals surface area contributed by atoms with E-state index < -0.39 is 5.72 Å². The van der Waals surface area contributed by atoms with E-state index in [0.717, 1.165) is 58.8 Å². The molecular weight excluding hydrogens is 499 g/mol. The molecule has 1 aliphatic carbocycles. The molecule has 1 aliphatic heterocycles. The lowest BCUT2D eigenvalue weighted by Crippen LogP contribution is -2.47. The molecule has 0 fully saturated rings. The van der Waals surface area contributed by atoms with Crippen molar-refractivity contribution in [2.45, 2.75) is 42.6 Å². The van der Waals surface area contributed by atoms with Crippen LogP contribution in [0.5, 0.6) is 5.75 Å². The Morgan fingerprint density at radius 3 is 2.63 bits per heavy atom. The molecule has 0 radical (unpaired) electrons. The van der Waals surface area contributed by atoms with Crippen LogP contribution in [-0.4, -0.2) is 30.1 Å². The summed E-state index contributed by atoms with van der Waals surface area (Å²) in [6.07, 6.45) is 4.19. The minimum atomic E-state index is -0.739. The third-order valence-electron chi connectivity index (χ3n) is 6.65. The zero-order chi connectivity index (χ0) is 24.4. The number of rotatable bonds is 7.